The highest BCUT2D eigenvalue weighted by atomic mass is 79.9. The van der Waals surface area contributed by atoms with E-state index in [0.717, 1.165) is 16.6 Å². The fourth-order valence-electron chi connectivity index (χ4n) is 1.26. The Labute approximate surface area is 97.4 Å². The van der Waals surface area contributed by atoms with Crippen LogP contribution in [0.4, 0.5) is 4.39 Å². The second kappa shape index (κ2) is 5.84. The molecular weight excluding hydrogens is 259 g/mol. The zero-order chi connectivity index (χ0) is 11.3. The predicted octanol–water partition coefficient (Wildman–Crippen LogP) is 2.93. The summed E-state index contributed by atoms with van der Waals surface area (Å²) in [7, 11) is 1.94. The summed E-state index contributed by atoms with van der Waals surface area (Å²) in [5.41, 5.74) is 1.02. The third-order valence-electron chi connectivity index (χ3n) is 2.06. The van der Waals surface area contributed by atoms with E-state index in [4.69, 9.17) is 5.26 Å². The Morgan fingerprint density at radius 1 is 1.53 bits per heavy atom. The van der Waals surface area contributed by atoms with Crippen LogP contribution in [0.5, 0.6) is 0 Å². The van der Waals surface area contributed by atoms with Gasteiger partial charge in [0.15, 0.2) is 0 Å². The highest BCUT2D eigenvalue weighted by Gasteiger charge is 2.04. The molecule has 0 aromatic heterocycles. The quantitative estimate of drug-likeness (QED) is 0.841. The van der Waals surface area contributed by atoms with Gasteiger partial charge in [-0.25, -0.2) is 4.39 Å². The highest BCUT2D eigenvalue weighted by molar-refractivity contribution is 9.10. The monoisotopic (exact) mass is 270 g/mol. The number of hydrogen-bond donors (Lipinski definition) is 0. The molecule has 15 heavy (non-hydrogen) atoms. The molecule has 0 fully saturated rings. The molecule has 0 aliphatic rings. The average molecular weight is 271 g/mol. The van der Waals surface area contributed by atoms with Crippen molar-refractivity contribution in [2.45, 2.75) is 13.0 Å². The van der Waals surface area contributed by atoms with E-state index in [0.29, 0.717) is 13.0 Å². The first-order chi connectivity index (χ1) is 7.13. The van der Waals surface area contributed by atoms with Crippen molar-refractivity contribution in [3.8, 4) is 6.07 Å². The molecule has 0 aliphatic heterocycles. The van der Waals surface area contributed by atoms with Crippen LogP contribution in [0.1, 0.15) is 12.0 Å². The van der Waals surface area contributed by atoms with Gasteiger partial charge in [-0.1, -0.05) is 22.0 Å². The first-order valence-corrected chi connectivity index (χ1v) is 5.42. The fraction of sp³-hybridized carbons (Fsp3) is 0.364. The van der Waals surface area contributed by atoms with Gasteiger partial charge >= 0.3 is 0 Å². The maximum absolute atomic E-state index is 12.8. The summed E-state index contributed by atoms with van der Waals surface area (Å²) in [6.45, 7) is 1.43. The lowest BCUT2D eigenvalue weighted by Crippen LogP contribution is -2.18. The molecule has 4 heteroatoms. The van der Waals surface area contributed by atoms with Crippen LogP contribution in [0.3, 0.4) is 0 Å². The molecule has 0 N–H and O–H groups in total. The predicted molar refractivity (Wildman–Crippen MR) is 60.7 cm³/mol. The molecule has 0 amide bonds. The van der Waals surface area contributed by atoms with Crippen molar-refractivity contribution in [3.05, 3.63) is 34.1 Å². The van der Waals surface area contributed by atoms with Gasteiger partial charge in [0.1, 0.15) is 5.82 Å². The SMILES string of the molecule is CN(CCC#N)Cc1ccc(F)cc1Br. The summed E-state index contributed by atoms with van der Waals surface area (Å²) in [5, 5.41) is 8.44. The Morgan fingerprint density at radius 3 is 2.87 bits per heavy atom. The first-order valence-electron chi connectivity index (χ1n) is 4.63. The molecule has 0 saturated heterocycles. The molecule has 0 radical (unpaired) electrons. The number of hydrogen-bond acceptors (Lipinski definition) is 2. The van der Waals surface area contributed by atoms with E-state index in [1.165, 1.54) is 12.1 Å². The largest absolute Gasteiger partial charge is 0.301 e. The standard InChI is InChI=1S/C11H12BrFN2/c1-15(6-2-5-14)8-9-3-4-10(13)7-11(9)12/h3-4,7H,2,6,8H2,1H3. The molecule has 0 unspecified atom stereocenters. The molecule has 0 saturated carbocycles. The number of halogens is 2. The van der Waals surface area contributed by atoms with E-state index in [1.54, 1.807) is 6.07 Å². The minimum Gasteiger partial charge on any atom is -0.301 e. The fourth-order valence-corrected chi connectivity index (χ4v) is 1.74. The minimum absolute atomic E-state index is 0.245. The van der Waals surface area contributed by atoms with Crippen LogP contribution < -0.4 is 0 Å². The first kappa shape index (κ1) is 12.2. The lowest BCUT2D eigenvalue weighted by atomic mass is 10.2. The van der Waals surface area contributed by atoms with Crippen molar-refractivity contribution < 1.29 is 4.39 Å². The number of nitrogens with zero attached hydrogens (tertiary/aromatic N) is 2. The maximum atomic E-state index is 12.8. The third-order valence-corrected chi connectivity index (χ3v) is 2.80. The Hall–Kier alpha value is -0.920. The molecule has 0 heterocycles. The number of rotatable bonds is 4. The van der Waals surface area contributed by atoms with Gasteiger partial charge in [-0.2, -0.15) is 5.26 Å². The van der Waals surface area contributed by atoms with Crippen LogP contribution in [0.15, 0.2) is 22.7 Å². The summed E-state index contributed by atoms with van der Waals surface area (Å²) in [5.74, 6) is -0.245. The number of nitriles is 1. The van der Waals surface area contributed by atoms with E-state index < -0.39 is 0 Å². The second-order valence-electron chi connectivity index (χ2n) is 3.38. The van der Waals surface area contributed by atoms with Crippen molar-refractivity contribution in [1.29, 1.82) is 5.26 Å². The van der Waals surface area contributed by atoms with Crippen molar-refractivity contribution >= 4 is 15.9 Å². The molecular formula is C11H12BrFN2. The zero-order valence-corrected chi connectivity index (χ0v) is 10.1. The van der Waals surface area contributed by atoms with Gasteiger partial charge < -0.3 is 4.90 Å². The summed E-state index contributed by atoms with van der Waals surface area (Å²) in [4.78, 5) is 2.03. The zero-order valence-electron chi connectivity index (χ0n) is 8.50. The molecule has 0 atom stereocenters. The van der Waals surface area contributed by atoms with Gasteiger partial charge in [-0.05, 0) is 24.7 Å². The lowest BCUT2D eigenvalue weighted by Gasteiger charge is -2.15. The molecule has 1 aromatic carbocycles. The maximum Gasteiger partial charge on any atom is 0.124 e. The molecule has 1 rings (SSSR count). The highest BCUT2D eigenvalue weighted by Crippen LogP contribution is 2.19. The molecule has 0 bridgehead atoms. The summed E-state index contributed by atoms with van der Waals surface area (Å²) >= 11 is 3.31. The van der Waals surface area contributed by atoms with Gasteiger partial charge in [0.25, 0.3) is 0 Å². The van der Waals surface area contributed by atoms with Crippen molar-refractivity contribution in [2.24, 2.45) is 0 Å². The summed E-state index contributed by atoms with van der Waals surface area (Å²) in [6.07, 6.45) is 0.509. The smallest absolute Gasteiger partial charge is 0.124 e. The van der Waals surface area contributed by atoms with Gasteiger partial charge in [0.2, 0.25) is 0 Å². The van der Waals surface area contributed by atoms with E-state index in [1.807, 2.05) is 11.9 Å². The summed E-state index contributed by atoms with van der Waals surface area (Å²) in [6, 6.07) is 6.74. The van der Waals surface area contributed by atoms with Crippen LogP contribution in [0, 0.1) is 17.1 Å². The third kappa shape index (κ3) is 3.98. The van der Waals surface area contributed by atoms with Gasteiger partial charge in [0.05, 0.1) is 6.07 Å². The molecule has 2 nitrogen and oxygen atoms in total. The molecule has 1 aromatic rings. The Morgan fingerprint density at radius 2 is 2.27 bits per heavy atom. The number of benzene rings is 1. The molecule has 0 aliphatic carbocycles. The van der Waals surface area contributed by atoms with Crippen LogP contribution in [0.2, 0.25) is 0 Å². The van der Waals surface area contributed by atoms with E-state index in [9.17, 15) is 4.39 Å². The van der Waals surface area contributed by atoms with Gasteiger partial charge in [-0.15, -0.1) is 0 Å². The van der Waals surface area contributed by atoms with Crippen LogP contribution in [0.25, 0.3) is 0 Å². The van der Waals surface area contributed by atoms with Gasteiger partial charge in [0, 0.05) is 24.0 Å². The van der Waals surface area contributed by atoms with Gasteiger partial charge in [-0.3, -0.25) is 0 Å². The van der Waals surface area contributed by atoms with E-state index >= 15 is 0 Å². The lowest BCUT2D eigenvalue weighted by molar-refractivity contribution is 0.334. The second-order valence-corrected chi connectivity index (χ2v) is 4.24. The van der Waals surface area contributed by atoms with E-state index in [2.05, 4.69) is 22.0 Å². The minimum atomic E-state index is -0.245. The van der Waals surface area contributed by atoms with Crippen molar-refractivity contribution in [1.82, 2.24) is 4.90 Å². The van der Waals surface area contributed by atoms with Crippen molar-refractivity contribution in [2.75, 3.05) is 13.6 Å². The normalized spacial score (nSPS) is 10.3. The van der Waals surface area contributed by atoms with Crippen molar-refractivity contribution in [3.63, 3.8) is 0 Å². The van der Waals surface area contributed by atoms with Crippen LogP contribution in [-0.4, -0.2) is 18.5 Å². The average Bonchev–Trinajstić information content (AvgIpc) is 2.19. The Bertz CT molecular complexity index is 373. The van der Waals surface area contributed by atoms with Crippen LogP contribution >= 0.6 is 15.9 Å². The Balaban J connectivity index is 2.61. The van der Waals surface area contributed by atoms with E-state index in [-0.39, 0.29) is 5.82 Å². The molecule has 0 spiro atoms. The topological polar surface area (TPSA) is 27.0 Å². The Kier molecular flexibility index (Phi) is 4.73. The van der Waals surface area contributed by atoms with Crippen LogP contribution in [-0.2, 0) is 6.54 Å². The summed E-state index contributed by atoms with van der Waals surface area (Å²) < 4.78 is 13.6. The molecule has 80 valence electrons.